The molecule has 2 heterocycles. The lowest BCUT2D eigenvalue weighted by atomic mass is 9.99. The number of hydrogen-bond acceptors (Lipinski definition) is 9. The smallest absolute Gasteiger partial charge is 0.232 e. The van der Waals surface area contributed by atoms with Gasteiger partial charge >= 0.3 is 0 Å². The fourth-order valence-electron chi connectivity index (χ4n) is 3.05. The Morgan fingerprint density at radius 2 is 1.90 bits per heavy atom. The quantitative estimate of drug-likeness (QED) is 0.444. The van der Waals surface area contributed by atoms with Crippen molar-refractivity contribution in [3.05, 3.63) is 34.5 Å². The largest absolute Gasteiger partial charge is 0.480 e. The minimum atomic E-state index is -3.83. The summed E-state index contributed by atoms with van der Waals surface area (Å²) in [5.41, 5.74) is 0.849. The number of nitrogens with two attached hydrogens (primary N) is 1. The predicted octanol–water partition coefficient (Wildman–Crippen LogP) is 1.88. The molecular weight excluding hydrogens is 444 g/mol. The third kappa shape index (κ3) is 8.17. The fourth-order valence-corrected chi connectivity index (χ4v) is 3.79. The van der Waals surface area contributed by atoms with E-state index >= 15 is 0 Å². The molecule has 0 radical (unpaired) electrons. The van der Waals surface area contributed by atoms with Gasteiger partial charge in [0.1, 0.15) is 16.6 Å². The standard InChI is InChI=1S/C19H29ClN6O4S/c1-11(2)5-14(9-27)23-19-25-16(24-17(26-19)10-31(21,28)29)6-12(3)13-7-15(20)18(30-4)22-8-13/h7-8,11-12,14,27H,5-6,9-10H2,1-4H3,(H2,21,28,29)(H,23,24,25,26)/t12-,14-/m1/s1. The van der Waals surface area contributed by atoms with Gasteiger partial charge in [-0.15, -0.1) is 0 Å². The Morgan fingerprint density at radius 3 is 2.45 bits per heavy atom. The molecule has 0 bridgehead atoms. The van der Waals surface area contributed by atoms with Crippen LogP contribution in [0.3, 0.4) is 0 Å². The van der Waals surface area contributed by atoms with Gasteiger partial charge in [-0.05, 0) is 29.9 Å². The average molecular weight is 473 g/mol. The Hall–Kier alpha value is -2.08. The monoisotopic (exact) mass is 472 g/mol. The second-order valence-corrected chi connectivity index (χ2v) is 9.84. The number of ether oxygens (including phenoxy) is 1. The maximum Gasteiger partial charge on any atom is 0.232 e. The Bertz CT molecular complexity index is 989. The number of methoxy groups -OCH3 is 1. The van der Waals surface area contributed by atoms with E-state index in [1.807, 2.05) is 20.8 Å². The number of aromatic nitrogens is 4. The highest BCUT2D eigenvalue weighted by molar-refractivity contribution is 7.88. The normalized spacial score (nSPS) is 13.8. The topological polar surface area (TPSA) is 153 Å². The van der Waals surface area contributed by atoms with Crippen molar-refractivity contribution in [2.24, 2.45) is 11.1 Å². The third-order valence-electron chi connectivity index (χ3n) is 4.45. The van der Waals surface area contributed by atoms with E-state index in [2.05, 4.69) is 25.3 Å². The van der Waals surface area contributed by atoms with Crippen LogP contribution in [0.25, 0.3) is 0 Å². The zero-order valence-electron chi connectivity index (χ0n) is 18.0. The van der Waals surface area contributed by atoms with Crippen LogP contribution in [0, 0.1) is 5.92 Å². The van der Waals surface area contributed by atoms with E-state index in [0.717, 1.165) is 5.56 Å². The molecule has 0 amide bonds. The van der Waals surface area contributed by atoms with Gasteiger partial charge in [0.05, 0.1) is 19.8 Å². The van der Waals surface area contributed by atoms with Gasteiger partial charge in [-0.1, -0.05) is 32.4 Å². The number of primary sulfonamides is 1. The van der Waals surface area contributed by atoms with Crippen molar-refractivity contribution < 1.29 is 18.3 Å². The maximum absolute atomic E-state index is 11.6. The Kier molecular flexibility index (Phi) is 8.92. The van der Waals surface area contributed by atoms with E-state index in [0.29, 0.717) is 35.5 Å². The average Bonchev–Trinajstić information content (AvgIpc) is 2.65. The van der Waals surface area contributed by atoms with Crippen molar-refractivity contribution in [3.8, 4) is 5.88 Å². The van der Waals surface area contributed by atoms with Gasteiger partial charge in [-0.25, -0.2) is 23.5 Å². The molecule has 12 heteroatoms. The molecular formula is C19H29ClN6O4S. The van der Waals surface area contributed by atoms with Gasteiger partial charge in [-0.3, -0.25) is 0 Å². The molecule has 0 spiro atoms. The molecule has 31 heavy (non-hydrogen) atoms. The first-order valence-electron chi connectivity index (χ1n) is 9.81. The molecule has 0 fully saturated rings. The highest BCUT2D eigenvalue weighted by Crippen LogP contribution is 2.27. The van der Waals surface area contributed by atoms with Crippen LogP contribution in [0.1, 0.15) is 50.3 Å². The summed E-state index contributed by atoms with van der Waals surface area (Å²) >= 11 is 6.17. The number of hydrogen-bond donors (Lipinski definition) is 3. The SMILES string of the molecule is COc1ncc([C@H](C)Cc2nc(CS(N)(=O)=O)nc(N[C@@H](CO)CC(C)C)n2)cc1Cl. The molecule has 2 aromatic rings. The second-order valence-electron chi connectivity index (χ2n) is 7.82. The molecule has 4 N–H and O–H groups in total. The molecule has 0 unspecified atom stereocenters. The van der Waals surface area contributed by atoms with E-state index in [1.54, 1.807) is 12.3 Å². The lowest BCUT2D eigenvalue weighted by Crippen LogP contribution is -2.28. The van der Waals surface area contributed by atoms with Crippen LogP contribution in [0.5, 0.6) is 5.88 Å². The summed E-state index contributed by atoms with van der Waals surface area (Å²) < 4.78 is 28.2. The van der Waals surface area contributed by atoms with Gasteiger partial charge in [0.15, 0.2) is 5.82 Å². The van der Waals surface area contributed by atoms with Crippen LogP contribution in [-0.2, 0) is 22.2 Å². The van der Waals surface area contributed by atoms with Crippen molar-refractivity contribution in [2.75, 3.05) is 19.0 Å². The number of aliphatic hydroxyl groups is 1. The van der Waals surface area contributed by atoms with Crippen LogP contribution >= 0.6 is 11.6 Å². The van der Waals surface area contributed by atoms with E-state index in [9.17, 15) is 13.5 Å². The van der Waals surface area contributed by atoms with Crippen LogP contribution in [-0.4, -0.2) is 53.2 Å². The molecule has 0 aromatic carbocycles. The van der Waals surface area contributed by atoms with Crippen molar-refractivity contribution in [2.45, 2.75) is 51.3 Å². The van der Waals surface area contributed by atoms with Crippen LogP contribution in [0.4, 0.5) is 5.95 Å². The number of sulfonamides is 1. The van der Waals surface area contributed by atoms with Crippen LogP contribution in [0.15, 0.2) is 12.3 Å². The number of nitrogens with zero attached hydrogens (tertiary/aromatic N) is 4. The molecule has 0 aliphatic rings. The van der Waals surface area contributed by atoms with Crippen LogP contribution < -0.4 is 15.2 Å². The minimum absolute atomic E-state index is 0.0364. The molecule has 0 saturated heterocycles. The van der Waals surface area contributed by atoms with Crippen molar-refractivity contribution in [1.82, 2.24) is 19.9 Å². The Labute approximate surface area is 187 Å². The van der Waals surface area contributed by atoms with Crippen molar-refractivity contribution in [3.63, 3.8) is 0 Å². The number of pyridine rings is 1. The Balaban J connectivity index is 2.31. The molecule has 2 rings (SSSR count). The first-order valence-corrected chi connectivity index (χ1v) is 11.9. The van der Waals surface area contributed by atoms with Crippen LogP contribution in [0.2, 0.25) is 5.02 Å². The van der Waals surface area contributed by atoms with E-state index in [-0.39, 0.29) is 30.3 Å². The lowest BCUT2D eigenvalue weighted by molar-refractivity contribution is 0.259. The second kappa shape index (κ2) is 11.0. The number of nitrogens with one attached hydrogen (secondary N) is 1. The van der Waals surface area contributed by atoms with Crippen molar-refractivity contribution in [1.29, 1.82) is 0 Å². The first kappa shape index (κ1) is 25.2. The molecule has 0 aliphatic heterocycles. The zero-order chi connectivity index (χ0) is 23.2. The maximum atomic E-state index is 11.6. The molecule has 0 aliphatic carbocycles. The summed E-state index contributed by atoms with van der Waals surface area (Å²) in [5, 5.41) is 18.3. The lowest BCUT2D eigenvalue weighted by Gasteiger charge is -2.19. The fraction of sp³-hybridized carbons (Fsp3) is 0.579. The molecule has 2 atom stereocenters. The van der Waals surface area contributed by atoms with Gasteiger partial charge in [0.25, 0.3) is 0 Å². The zero-order valence-corrected chi connectivity index (χ0v) is 19.6. The summed E-state index contributed by atoms with van der Waals surface area (Å²) in [4.78, 5) is 17.0. The van der Waals surface area contributed by atoms with E-state index < -0.39 is 15.8 Å². The summed E-state index contributed by atoms with van der Waals surface area (Å²) in [5.74, 6) is 0.697. The molecule has 10 nitrogen and oxygen atoms in total. The first-order chi connectivity index (χ1) is 14.5. The van der Waals surface area contributed by atoms with Crippen molar-refractivity contribution >= 4 is 27.6 Å². The van der Waals surface area contributed by atoms with Gasteiger partial charge < -0.3 is 15.2 Å². The highest BCUT2D eigenvalue weighted by Gasteiger charge is 2.18. The minimum Gasteiger partial charge on any atom is -0.480 e. The number of rotatable bonds is 11. The molecule has 2 aromatic heterocycles. The predicted molar refractivity (Wildman–Crippen MR) is 119 cm³/mol. The third-order valence-corrected chi connectivity index (χ3v) is 5.38. The summed E-state index contributed by atoms with van der Waals surface area (Å²) in [6.07, 6.45) is 2.73. The van der Waals surface area contributed by atoms with Gasteiger partial charge in [0, 0.05) is 12.6 Å². The number of aliphatic hydroxyl groups excluding tert-OH is 1. The van der Waals surface area contributed by atoms with E-state index in [4.69, 9.17) is 21.5 Å². The molecule has 172 valence electrons. The summed E-state index contributed by atoms with van der Waals surface area (Å²) in [6.45, 7) is 5.90. The number of anilines is 1. The van der Waals surface area contributed by atoms with E-state index in [1.165, 1.54) is 7.11 Å². The summed E-state index contributed by atoms with van der Waals surface area (Å²) in [7, 11) is -2.34. The Morgan fingerprint density at radius 1 is 1.23 bits per heavy atom. The molecule has 0 saturated carbocycles. The highest BCUT2D eigenvalue weighted by atomic mass is 35.5. The van der Waals surface area contributed by atoms with Gasteiger partial charge in [-0.2, -0.15) is 9.97 Å². The summed E-state index contributed by atoms with van der Waals surface area (Å²) in [6, 6.07) is 1.48. The number of halogens is 1. The van der Waals surface area contributed by atoms with Gasteiger partial charge in [0.2, 0.25) is 21.9 Å².